The summed E-state index contributed by atoms with van der Waals surface area (Å²) in [7, 11) is -4.48. The van der Waals surface area contributed by atoms with Crippen molar-refractivity contribution in [3.8, 4) is 0 Å². The molecule has 0 radical (unpaired) electrons. The summed E-state index contributed by atoms with van der Waals surface area (Å²) in [5.41, 5.74) is 0.488. The number of aliphatic hydroxyl groups excluding tert-OH is 1. The van der Waals surface area contributed by atoms with Gasteiger partial charge in [0.1, 0.15) is 0 Å². The van der Waals surface area contributed by atoms with Crippen LogP contribution >= 0.6 is 15.3 Å². The highest BCUT2D eigenvalue weighted by Gasteiger charge is 2.31. The molecule has 0 saturated carbocycles. The lowest BCUT2D eigenvalue weighted by molar-refractivity contribution is 0.235. The lowest BCUT2D eigenvalue weighted by Crippen LogP contribution is -2.16. The minimum atomic E-state index is -3.73. The molecule has 0 aliphatic carbocycles. The Hall–Kier alpha value is -1.76. The molecule has 0 heterocycles. The van der Waals surface area contributed by atoms with Crippen LogP contribution in [0.4, 0.5) is 0 Å². The fraction of sp³-hybridized carbons (Fsp3) is 0.143. The van der Waals surface area contributed by atoms with Crippen LogP contribution in [0.3, 0.4) is 0 Å². The van der Waals surface area contributed by atoms with Crippen LogP contribution in [0.5, 0.6) is 0 Å². The molecule has 0 saturated heterocycles. The number of aliphatic hydroxyl groups is 1. The maximum atomic E-state index is 12.8. The number of hydrogen-bond acceptors (Lipinski definition) is 2. The molecule has 26 heavy (non-hydrogen) atoms. The highest BCUT2D eigenvalue weighted by atomic mass is 31.2. The maximum absolute atomic E-state index is 12.8. The molecule has 0 aliphatic heterocycles. The molecule has 1 unspecified atom stereocenters. The Balaban J connectivity index is 1.80. The van der Waals surface area contributed by atoms with E-state index in [1.54, 1.807) is 24.3 Å². The molecular weight excluding hydrogens is 362 g/mol. The zero-order valence-corrected chi connectivity index (χ0v) is 16.1. The van der Waals surface area contributed by atoms with Gasteiger partial charge in [0.15, 0.2) is 5.85 Å². The van der Waals surface area contributed by atoms with Gasteiger partial charge in [0.05, 0.1) is 0 Å². The third-order valence-electron chi connectivity index (χ3n) is 4.26. The fourth-order valence-electron chi connectivity index (χ4n) is 2.85. The summed E-state index contributed by atoms with van der Waals surface area (Å²) >= 11 is 0. The Bertz CT molecular complexity index is 815. The smallest absolute Gasteiger partial charge is 0.233 e. The van der Waals surface area contributed by atoms with E-state index in [1.807, 2.05) is 42.5 Å². The van der Waals surface area contributed by atoms with Crippen LogP contribution in [0.2, 0.25) is 0 Å². The van der Waals surface area contributed by atoms with Gasteiger partial charge < -0.3 is 10.00 Å². The number of benzene rings is 3. The van der Waals surface area contributed by atoms with Gasteiger partial charge in [0, 0.05) is 6.16 Å². The predicted molar refractivity (Wildman–Crippen MR) is 110 cm³/mol. The zero-order chi connectivity index (χ0) is 18.4. The van der Waals surface area contributed by atoms with Gasteiger partial charge in [0.25, 0.3) is 0 Å². The Morgan fingerprint density at radius 3 is 1.65 bits per heavy atom. The van der Waals surface area contributed by atoms with E-state index >= 15 is 0 Å². The van der Waals surface area contributed by atoms with Crippen molar-refractivity contribution in [2.75, 3.05) is 12.3 Å². The molecule has 0 amide bonds. The molecular formula is C21H22O3P2. The van der Waals surface area contributed by atoms with Crippen LogP contribution in [0.15, 0.2) is 91.0 Å². The van der Waals surface area contributed by atoms with Crippen molar-refractivity contribution in [1.82, 2.24) is 0 Å². The zero-order valence-electron chi connectivity index (χ0n) is 14.3. The fourth-order valence-corrected chi connectivity index (χ4v) is 7.55. The highest BCUT2D eigenvalue weighted by molar-refractivity contribution is 7.73. The third-order valence-corrected chi connectivity index (χ3v) is 9.05. The molecule has 0 aliphatic rings. The second-order valence-electron chi connectivity index (χ2n) is 6.09. The van der Waals surface area contributed by atoms with Crippen LogP contribution in [-0.2, 0) is 4.57 Å². The summed E-state index contributed by atoms with van der Waals surface area (Å²) < 4.78 is 12.8. The first kappa shape index (κ1) is 19.0. The van der Waals surface area contributed by atoms with Gasteiger partial charge in [-0.15, -0.1) is 0 Å². The molecule has 0 spiro atoms. The molecule has 3 rings (SSSR count). The molecule has 0 aromatic heterocycles. The number of hydrogen-bond donors (Lipinski definition) is 2. The quantitative estimate of drug-likeness (QED) is 0.604. The lowest BCUT2D eigenvalue weighted by atomic mass is 10.2. The third kappa shape index (κ3) is 4.69. The first-order valence-corrected chi connectivity index (χ1v) is 11.9. The van der Waals surface area contributed by atoms with E-state index < -0.39 is 21.1 Å². The Labute approximate surface area is 155 Å². The van der Waals surface area contributed by atoms with Crippen molar-refractivity contribution in [2.45, 2.75) is 5.85 Å². The van der Waals surface area contributed by atoms with E-state index in [0.717, 1.165) is 0 Å². The minimum absolute atomic E-state index is 0.0819. The maximum Gasteiger partial charge on any atom is 0.233 e. The van der Waals surface area contributed by atoms with Gasteiger partial charge in [-0.3, -0.25) is 4.57 Å². The van der Waals surface area contributed by atoms with Crippen LogP contribution in [0, 0.1) is 0 Å². The minimum Gasteiger partial charge on any atom is -0.378 e. The van der Waals surface area contributed by atoms with Crippen molar-refractivity contribution in [1.29, 1.82) is 0 Å². The summed E-state index contributed by atoms with van der Waals surface area (Å²) in [6.45, 7) is 0. The summed E-state index contributed by atoms with van der Waals surface area (Å²) in [6, 6.07) is 28.9. The molecule has 2 atom stereocenters. The van der Waals surface area contributed by atoms with Crippen molar-refractivity contribution >= 4 is 25.9 Å². The first-order valence-electron chi connectivity index (χ1n) is 8.50. The SMILES string of the molecule is O=P(O)(CCP(c1ccccc1)c1ccccc1)[C@@H](O)c1ccccc1. The molecule has 2 N–H and O–H groups in total. The summed E-state index contributed by atoms with van der Waals surface area (Å²) in [5, 5.41) is 12.7. The van der Waals surface area contributed by atoms with Crippen molar-refractivity contribution < 1.29 is 14.6 Å². The van der Waals surface area contributed by atoms with Crippen LogP contribution in [-0.4, -0.2) is 22.3 Å². The van der Waals surface area contributed by atoms with E-state index in [0.29, 0.717) is 11.7 Å². The van der Waals surface area contributed by atoms with E-state index in [2.05, 4.69) is 24.3 Å². The summed E-state index contributed by atoms with van der Waals surface area (Å²) in [4.78, 5) is 10.5. The first-order chi connectivity index (χ1) is 12.6. The molecule has 3 aromatic rings. The second-order valence-corrected chi connectivity index (χ2v) is 10.9. The van der Waals surface area contributed by atoms with Crippen LogP contribution in [0.25, 0.3) is 0 Å². The van der Waals surface area contributed by atoms with Gasteiger partial charge in [-0.05, 0) is 30.3 Å². The Kier molecular flexibility index (Phi) is 6.40. The normalized spacial score (nSPS) is 14.7. The van der Waals surface area contributed by atoms with E-state index in [4.69, 9.17) is 0 Å². The Morgan fingerprint density at radius 2 is 1.19 bits per heavy atom. The van der Waals surface area contributed by atoms with Crippen molar-refractivity contribution in [3.05, 3.63) is 96.6 Å². The average Bonchev–Trinajstić information content (AvgIpc) is 2.70. The largest absolute Gasteiger partial charge is 0.378 e. The van der Waals surface area contributed by atoms with Crippen molar-refractivity contribution in [3.63, 3.8) is 0 Å². The monoisotopic (exact) mass is 384 g/mol. The van der Waals surface area contributed by atoms with E-state index in [-0.39, 0.29) is 6.16 Å². The molecule has 134 valence electrons. The molecule has 0 fully saturated rings. The second kappa shape index (κ2) is 8.75. The molecule has 3 nitrogen and oxygen atoms in total. The van der Waals surface area contributed by atoms with Crippen molar-refractivity contribution in [2.24, 2.45) is 0 Å². The van der Waals surface area contributed by atoms with Gasteiger partial charge in [-0.25, -0.2) is 0 Å². The molecule has 5 heteroatoms. The molecule has 0 bridgehead atoms. The topological polar surface area (TPSA) is 57.5 Å². The lowest BCUT2D eigenvalue weighted by Gasteiger charge is -2.23. The average molecular weight is 384 g/mol. The predicted octanol–water partition coefficient (Wildman–Crippen LogP) is 4.08. The number of rotatable bonds is 7. The van der Waals surface area contributed by atoms with Gasteiger partial charge in [-0.2, -0.15) is 0 Å². The van der Waals surface area contributed by atoms with Gasteiger partial charge in [-0.1, -0.05) is 91.0 Å². The van der Waals surface area contributed by atoms with Crippen LogP contribution in [0.1, 0.15) is 11.4 Å². The molecule has 3 aromatic carbocycles. The van der Waals surface area contributed by atoms with Crippen LogP contribution < -0.4 is 10.6 Å². The Morgan fingerprint density at radius 1 is 0.769 bits per heavy atom. The summed E-state index contributed by atoms with van der Waals surface area (Å²) in [6.07, 6.45) is 0.638. The van der Waals surface area contributed by atoms with Gasteiger partial charge >= 0.3 is 0 Å². The standard InChI is InChI=1S/C21H22O3P2/c22-21(18-10-4-1-5-11-18)26(23,24)17-16-25(19-12-6-2-7-13-19)20-14-8-3-9-15-20/h1-15,21-22H,16-17H2,(H,23,24)/t21-/m1/s1. The van der Waals surface area contributed by atoms with E-state index in [9.17, 15) is 14.6 Å². The van der Waals surface area contributed by atoms with Gasteiger partial charge in [0.2, 0.25) is 7.37 Å². The summed E-state index contributed by atoms with van der Waals surface area (Å²) in [5.74, 6) is -1.34. The van der Waals surface area contributed by atoms with E-state index in [1.165, 1.54) is 10.6 Å². The highest BCUT2D eigenvalue weighted by Crippen LogP contribution is 2.55.